The Bertz CT molecular complexity index is 1100. The van der Waals surface area contributed by atoms with Crippen molar-refractivity contribution in [3.63, 3.8) is 0 Å². The zero-order valence-electron chi connectivity index (χ0n) is 14.8. The molecule has 4 aromatic rings. The van der Waals surface area contributed by atoms with Crippen LogP contribution in [0.3, 0.4) is 0 Å². The van der Waals surface area contributed by atoms with E-state index in [4.69, 9.17) is 11.6 Å². The summed E-state index contributed by atoms with van der Waals surface area (Å²) in [6, 6.07) is 14.9. The van der Waals surface area contributed by atoms with Gasteiger partial charge in [-0.3, -0.25) is 4.79 Å². The Labute approximate surface area is 179 Å². The molecule has 0 bridgehead atoms. The van der Waals surface area contributed by atoms with Crippen LogP contribution in [0.5, 0.6) is 0 Å². The van der Waals surface area contributed by atoms with Gasteiger partial charge in [-0.25, -0.2) is 9.67 Å². The lowest BCUT2D eigenvalue weighted by Gasteiger charge is -2.11. The van der Waals surface area contributed by atoms with Crippen LogP contribution in [0.1, 0.15) is 0 Å². The molecule has 0 atom stereocenters. The van der Waals surface area contributed by atoms with E-state index < -0.39 is 0 Å². The quantitative estimate of drug-likeness (QED) is 0.412. The highest BCUT2D eigenvalue weighted by atomic mass is 35.5. The van der Waals surface area contributed by atoms with Crippen LogP contribution >= 0.6 is 34.7 Å². The fourth-order valence-electron chi connectivity index (χ4n) is 2.42. The summed E-state index contributed by atoms with van der Waals surface area (Å²) in [5.41, 5.74) is 2.16. The lowest BCUT2D eigenvalue weighted by molar-refractivity contribution is -0.113. The molecule has 0 radical (unpaired) electrons. The second-order valence-electron chi connectivity index (χ2n) is 5.70. The van der Waals surface area contributed by atoms with Crippen molar-refractivity contribution >= 4 is 57.1 Å². The first-order chi connectivity index (χ1) is 14.2. The van der Waals surface area contributed by atoms with Gasteiger partial charge in [-0.15, -0.1) is 10.2 Å². The van der Waals surface area contributed by atoms with Gasteiger partial charge in [0.2, 0.25) is 11.0 Å². The van der Waals surface area contributed by atoms with Gasteiger partial charge >= 0.3 is 0 Å². The Morgan fingerprint density at radius 3 is 2.83 bits per heavy atom. The van der Waals surface area contributed by atoms with E-state index in [1.54, 1.807) is 29.2 Å². The summed E-state index contributed by atoms with van der Waals surface area (Å²) in [7, 11) is 0. The third-order valence-electron chi connectivity index (χ3n) is 3.66. The normalized spacial score (nSPS) is 10.7. The first kappa shape index (κ1) is 19.4. The predicted molar refractivity (Wildman–Crippen MR) is 115 cm³/mol. The number of hydrogen-bond acceptors (Lipinski definition) is 8. The molecule has 1 amide bonds. The number of carbonyl (C=O) groups is 1. The number of amides is 1. The summed E-state index contributed by atoms with van der Waals surface area (Å²) in [6.07, 6.45) is 2.97. The molecule has 11 heteroatoms. The van der Waals surface area contributed by atoms with Crippen LogP contribution in [0.4, 0.5) is 16.5 Å². The Hall–Kier alpha value is -2.95. The van der Waals surface area contributed by atoms with Gasteiger partial charge in [0.1, 0.15) is 12.7 Å². The molecule has 29 heavy (non-hydrogen) atoms. The number of carbonyl (C=O) groups excluding carboxylic acids is 1. The number of aromatic nitrogens is 5. The number of nitrogens with zero attached hydrogens (tertiary/aromatic N) is 5. The molecule has 0 aliphatic heterocycles. The molecule has 2 N–H and O–H groups in total. The Morgan fingerprint density at radius 1 is 1.17 bits per heavy atom. The number of anilines is 3. The topological polar surface area (TPSA) is 97.6 Å². The SMILES string of the molecule is O=C(CSc1nnc(Nc2ccccc2)s1)Nc1cc(Cl)ccc1-n1cncn1. The lowest BCUT2D eigenvalue weighted by Crippen LogP contribution is -2.16. The molecular weight excluding hydrogens is 430 g/mol. The van der Waals surface area contributed by atoms with Crippen molar-refractivity contribution in [2.45, 2.75) is 4.34 Å². The Balaban J connectivity index is 1.37. The van der Waals surface area contributed by atoms with E-state index in [1.165, 1.54) is 29.4 Å². The standard InChI is InChI=1S/C18H14ClN7OS2/c19-12-6-7-15(26-11-20-10-21-26)14(8-12)23-16(27)9-28-18-25-24-17(29-18)22-13-4-2-1-3-5-13/h1-8,10-11H,9H2,(H,22,24)(H,23,27). The van der Waals surface area contributed by atoms with E-state index >= 15 is 0 Å². The van der Waals surface area contributed by atoms with Crippen LogP contribution in [0, 0.1) is 0 Å². The van der Waals surface area contributed by atoms with Crippen molar-refractivity contribution in [2.24, 2.45) is 0 Å². The molecule has 0 aliphatic carbocycles. The molecule has 0 fully saturated rings. The van der Waals surface area contributed by atoms with Gasteiger partial charge in [0.05, 0.1) is 17.1 Å². The molecule has 146 valence electrons. The Kier molecular flexibility index (Phi) is 6.03. The molecule has 4 rings (SSSR count). The summed E-state index contributed by atoms with van der Waals surface area (Å²) < 4.78 is 2.26. The summed E-state index contributed by atoms with van der Waals surface area (Å²) in [5.74, 6) is -0.00471. The van der Waals surface area contributed by atoms with Gasteiger partial charge in [0.25, 0.3) is 0 Å². The fourth-order valence-corrected chi connectivity index (χ4v) is 4.16. The summed E-state index contributed by atoms with van der Waals surface area (Å²) in [6.45, 7) is 0. The minimum absolute atomic E-state index is 0.184. The van der Waals surface area contributed by atoms with Crippen molar-refractivity contribution in [3.8, 4) is 5.69 Å². The van der Waals surface area contributed by atoms with Crippen LogP contribution in [0.15, 0.2) is 65.5 Å². The van der Waals surface area contributed by atoms with Gasteiger partial charge in [0.15, 0.2) is 4.34 Å². The molecule has 0 saturated carbocycles. The van der Waals surface area contributed by atoms with Crippen molar-refractivity contribution in [1.29, 1.82) is 0 Å². The molecule has 0 unspecified atom stereocenters. The highest BCUT2D eigenvalue weighted by Gasteiger charge is 2.12. The van der Waals surface area contributed by atoms with E-state index in [-0.39, 0.29) is 11.7 Å². The monoisotopic (exact) mass is 443 g/mol. The second-order valence-corrected chi connectivity index (χ2v) is 8.34. The largest absolute Gasteiger partial charge is 0.330 e. The minimum Gasteiger partial charge on any atom is -0.330 e. The molecule has 0 aliphatic rings. The first-order valence-electron chi connectivity index (χ1n) is 8.40. The van der Waals surface area contributed by atoms with E-state index in [2.05, 4.69) is 30.9 Å². The molecule has 0 spiro atoms. The number of nitrogens with one attached hydrogen (secondary N) is 2. The summed E-state index contributed by atoms with van der Waals surface area (Å²) in [4.78, 5) is 16.4. The third-order valence-corrected chi connectivity index (χ3v) is 5.86. The molecule has 2 aromatic carbocycles. The highest BCUT2D eigenvalue weighted by Crippen LogP contribution is 2.28. The number of para-hydroxylation sites is 1. The maximum Gasteiger partial charge on any atom is 0.234 e. The Morgan fingerprint density at radius 2 is 2.03 bits per heavy atom. The first-order valence-corrected chi connectivity index (χ1v) is 10.6. The molecule has 2 heterocycles. The van der Waals surface area contributed by atoms with Gasteiger partial charge in [-0.1, -0.05) is 52.9 Å². The number of hydrogen-bond donors (Lipinski definition) is 2. The van der Waals surface area contributed by atoms with E-state index in [0.29, 0.717) is 25.9 Å². The van der Waals surface area contributed by atoms with Gasteiger partial charge in [0, 0.05) is 10.7 Å². The molecule has 8 nitrogen and oxygen atoms in total. The lowest BCUT2D eigenvalue weighted by atomic mass is 10.2. The second kappa shape index (κ2) is 9.03. The summed E-state index contributed by atoms with van der Waals surface area (Å²) >= 11 is 8.78. The van der Waals surface area contributed by atoms with Crippen LogP contribution in [0.25, 0.3) is 5.69 Å². The van der Waals surface area contributed by atoms with Crippen LogP contribution in [-0.4, -0.2) is 36.6 Å². The maximum absolute atomic E-state index is 12.4. The summed E-state index contributed by atoms with van der Waals surface area (Å²) in [5, 5.41) is 19.5. The van der Waals surface area contributed by atoms with E-state index in [1.807, 2.05) is 30.3 Å². The number of rotatable bonds is 7. The van der Waals surface area contributed by atoms with Crippen molar-refractivity contribution in [1.82, 2.24) is 25.0 Å². The average molecular weight is 444 g/mol. The maximum atomic E-state index is 12.4. The van der Waals surface area contributed by atoms with Crippen molar-refractivity contribution < 1.29 is 4.79 Å². The molecule has 2 aromatic heterocycles. The number of benzene rings is 2. The van der Waals surface area contributed by atoms with Crippen molar-refractivity contribution in [2.75, 3.05) is 16.4 Å². The van der Waals surface area contributed by atoms with Gasteiger partial charge < -0.3 is 10.6 Å². The van der Waals surface area contributed by atoms with Crippen LogP contribution < -0.4 is 10.6 Å². The number of halogens is 1. The third kappa shape index (κ3) is 5.11. The predicted octanol–water partition coefficient (Wildman–Crippen LogP) is 4.25. The van der Waals surface area contributed by atoms with Gasteiger partial charge in [-0.05, 0) is 30.3 Å². The van der Waals surface area contributed by atoms with E-state index in [9.17, 15) is 4.79 Å². The molecular formula is C18H14ClN7OS2. The van der Waals surface area contributed by atoms with Crippen molar-refractivity contribution in [3.05, 3.63) is 66.2 Å². The van der Waals surface area contributed by atoms with E-state index in [0.717, 1.165) is 5.69 Å². The molecule has 0 saturated heterocycles. The van der Waals surface area contributed by atoms with Gasteiger partial charge in [-0.2, -0.15) is 5.10 Å². The average Bonchev–Trinajstić information content (AvgIpc) is 3.40. The number of thioether (sulfide) groups is 1. The fraction of sp³-hybridized carbons (Fsp3) is 0.0556. The minimum atomic E-state index is -0.189. The van der Waals surface area contributed by atoms with Crippen LogP contribution in [0.2, 0.25) is 5.02 Å². The zero-order valence-corrected chi connectivity index (χ0v) is 17.2. The zero-order chi connectivity index (χ0) is 20.1. The van der Waals surface area contributed by atoms with Crippen LogP contribution in [-0.2, 0) is 4.79 Å². The highest BCUT2D eigenvalue weighted by molar-refractivity contribution is 8.01. The smallest absolute Gasteiger partial charge is 0.234 e.